The Bertz CT molecular complexity index is 885. The van der Waals surface area contributed by atoms with Crippen LogP contribution in [0.4, 0.5) is 0 Å². The average molecular weight is 428 g/mol. The molecule has 1 heterocycles. The van der Waals surface area contributed by atoms with Gasteiger partial charge in [0.05, 0.1) is 20.3 Å². The van der Waals surface area contributed by atoms with Crippen LogP contribution in [-0.2, 0) is 16.4 Å². The first kappa shape index (κ1) is 18.0. The zero-order valence-electron chi connectivity index (χ0n) is 13.8. The molecule has 0 amide bonds. The first-order valence-electron chi connectivity index (χ1n) is 7.58. The first-order chi connectivity index (χ1) is 11.9. The number of sulfonamides is 1. The fourth-order valence-electron chi connectivity index (χ4n) is 2.72. The van der Waals surface area contributed by atoms with E-state index in [-0.39, 0.29) is 23.3 Å². The second-order valence-electron chi connectivity index (χ2n) is 5.60. The SMILES string of the molecule is COc1ccc(OC)c(S(=O)(=O)NC2COc3ccc(Br)cc3C2)c1. The van der Waals surface area contributed by atoms with Gasteiger partial charge >= 0.3 is 0 Å². The van der Waals surface area contributed by atoms with Gasteiger partial charge in [-0.05, 0) is 42.3 Å². The van der Waals surface area contributed by atoms with Crippen molar-refractivity contribution in [3.63, 3.8) is 0 Å². The van der Waals surface area contributed by atoms with E-state index in [9.17, 15) is 8.42 Å². The van der Waals surface area contributed by atoms with Crippen LogP contribution in [0.25, 0.3) is 0 Å². The summed E-state index contributed by atoms with van der Waals surface area (Å²) in [5, 5.41) is 0. The molecule has 8 heteroatoms. The molecule has 0 saturated carbocycles. The number of benzene rings is 2. The van der Waals surface area contributed by atoms with Crippen LogP contribution in [0.5, 0.6) is 17.2 Å². The monoisotopic (exact) mass is 427 g/mol. The molecule has 25 heavy (non-hydrogen) atoms. The van der Waals surface area contributed by atoms with Crippen LogP contribution < -0.4 is 18.9 Å². The summed E-state index contributed by atoms with van der Waals surface area (Å²) in [7, 11) is -0.884. The summed E-state index contributed by atoms with van der Waals surface area (Å²) in [6, 6.07) is 9.98. The van der Waals surface area contributed by atoms with E-state index in [0.717, 1.165) is 15.8 Å². The number of hydrogen-bond acceptors (Lipinski definition) is 5. The van der Waals surface area contributed by atoms with Crippen LogP contribution in [-0.4, -0.2) is 35.3 Å². The third-order valence-corrected chi connectivity index (χ3v) is 5.95. The Morgan fingerprint density at radius 2 is 1.96 bits per heavy atom. The van der Waals surface area contributed by atoms with Gasteiger partial charge in [-0.1, -0.05) is 15.9 Å². The van der Waals surface area contributed by atoms with Crippen LogP contribution >= 0.6 is 15.9 Å². The van der Waals surface area contributed by atoms with Crippen molar-refractivity contribution in [3.05, 3.63) is 46.4 Å². The number of fused-ring (bicyclic) bond motifs is 1. The predicted octanol–water partition coefficient (Wildman–Crippen LogP) is 2.75. The van der Waals surface area contributed by atoms with Crippen LogP contribution in [0.1, 0.15) is 5.56 Å². The second-order valence-corrected chi connectivity index (χ2v) is 8.20. The Labute approximate surface area is 155 Å². The average Bonchev–Trinajstić information content (AvgIpc) is 2.60. The first-order valence-corrected chi connectivity index (χ1v) is 9.86. The van der Waals surface area contributed by atoms with Crippen LogP contribution in [0.2, 0.25) is 0 Å². The van der Waals surface area contributed by atoms with E-state index < -0.39 is 10.0 Å². The van der Waals surface area contributed by atoms with E-state index in [4.69, 9.17) is 14.2 Å². The van der Waals surface area contributed by atoms with Gasteiger partial charge in [-0.3, -0.25) is 0 Å². The zero-order valence-corrected chi connectivity index (χ0v) is 16.2. The smallest absolute Gasteiger partial charge is 0.244 e. The molecule has 1 atom stereocenters. The molecule has 0 spiro atoms. The topological polar surface area (TPSA) is 73.9 Å². The lowest BCUT2D eigenvalue weighted by atomic mass is 10.0. The van der Waals surface area contributed by atoms with E-state index in [1.807, 2.05) is 18.2 Å². The lowest BCUT2D eigenvalue weighted by molar-refractivity contribution is 0.253. The minimum Gasteiger partial charge on any atom is -0.497 e. The van der Waals surface area contributed by atoms with Gasteiger partial charge < -0.3 is 14.2 Å². The van der Waals surface area contributed by atoms with Crippen molar-refractivity contribution >= 4 is 26.0 Å². The van der Waals surface area contributed by atoms with Crippen LogP contribution in [0.15, 0.2) is 45.8 Å². The van der Waals surface area contributed by atoms with E-state index in [1.54, 1.807) is 12.1 Å². The number of methoxy groups -OCH3 is 2. The molecule has 0 bridgehead atoms. The molecule has 2 aromatic rings. The van der Waals surface area contributed by atoms with E-state index in [0.29, 0.717) is 12.2 Å². The molecule has 0 saturated heterocycles. The number of halogens is 1. The lowest BCUT2D eigenvalue weighted by Crippen LogP contribution is -2.42. The van der Waals surface area contributed by atoms with Crippen LogP contribution in [0, 0.1) is 0 Å². The molecule has 0 aromatic heterocycles. The molecule has 0 aliphatic carbocycles. The maximum Gasteiger partial charge on any atom is 0.244 e. The maximum atomic E-state index is 12.8. The normalized spacial score (nSPS) is 16.7. The third-order valence-electron chi connectivity index (χ3n) is 3.91. The minimum absolute atomic E-state index is 0.0365. The number of rotatable bonds is 5. The molecule has 134 valence electrons. The largest absolute Gasteiger partial charge is 0.497 e. The van der Waals surface area contributed by atoms with Crippen molar-refractivity contribution in [2.24, 2.45) is 0 Å². The number of hydrogen-bond donors (Lipinski definition) is 1. The summed E-state index contributed by atoms with van der Waals surface area (Å²) < 4.78 is 45.2. The van der Waals surface area contributed by atoms with Crippen molar-refractivity contribution in [3.8, 4) is 17.2 Å². The molecule has 0 fully saturated rings. The highest BCUT2D eigenvalue weighted by molar-refractivity contribution is 9.10. The Hall–Kier alpha value is -1.77. The van der Waals surface area contributed by atoms with E-state index in [2.05, 4.69) is 20.7 Å². The van der Waals surface area contributed by atoms with Gasteiger partial charge in [0.15, 0.2) is 0 Å². The Morgan fingerprint density at radius 1 is 1.16 bits per heavy atom. The van der Waals surface area contributed by atoms with Gasteiger partial charge in [0.1, 0.15) is 28.8 Å². The highest BCUT2D eigenvalue weighted by Crippen LogP contribution is 2.31. The molecule has 6 nitrogen and oxygen atoms in total. The Kier molecular flexibility index (Phi) is 5.21. The zero-order chi connectivity index (χ0) is 18.0. The van der Waals surface area contributed by atoms with Gasteiger partial charge in [0.2, 0.25) is 10.0 Å². The van der Waals surface area contributed by atoms with Crippen molar-refractivity contribution in [1.82, 2.24) is 4.72 Å². The van der Waals surface area contributed by atoms with Gasteiger partial charge in [-0.15, -0.1) is 0 Å². The quantitative estimate of drug-likeness (QED) is 0.793. The molecule has 1 aliphatic rings. The molecule has 1 unspecified atom stereocenters. The van der Waals surface area contributed by atoms with Crippen molar-refractivity contribution in [2.75, 3.05) is 20.8 Å². The molecule has 3 rings (SSSR count). The van der Waals surface area contributed by atoms with Gasteiger partial charge in [0.25, 0.3) is 0 Å². The summed E-state index contributed by atoms with van der Waals surface area (Å²) in [5.74, 6) is 1.47. The number of ether oxygens (including phenoxy) is 3. The summed E-state index contributed by atoms with van der Waals surface area (Å²) in [6.45, 7) is 0.264. The predicted molar refractivity (Wildman–Crippen MR) is 97.0 cm³/mol. The highest BCUT2D eigenvalue weighted by Gasteiger charge is 2.28. The Balaban J connectivity index is 1.85. The van der Waals surface area contributed by atoms with Crippen molar-refractivity contribution in [2.45, 2.75) is 17.4 Å². The van der Waals surface area contributed by atoms with Gasteiger partial charge in [0, 0.05) is 10.5 Å². The Morgan fingerprint density at radius 3 is 2.68 bits per heavy atom. The molecule has 1 aliphatic heterocycles. The molecular formula is C17H18BrNO5S. The maximum absolute atomic E-state index is 12.8. The van der Waals surface area contributed by atoms with Gasteiger partial charge in [-0.25, -0.2) is 13.1 Å². The van der Waals surface area contributed by atoms with Gasteiger partial charge in [-0.2, -0.15) is 0 Å². The number of nitrogens with one attached hydrogen (secondary N) is 1. The van der Waals surface area contributed by atoms with Crippen molar-refractivity contribution < 1.29 is 22.6 Å². The van der Waals surface area contributed by atoms with E-state index in [1.165, 1.54) is 20.3 Å². The highest BCUT2D eigenvalue weighted by atomic mass is 79.9. The van der Waals surface area contributed by atoms with Crippen molar-refractivity contribution in [1.29, 1.82) is 0 Å². The molecular weight excluding hydrogens is 410 g/mol. The third kappa shape index (κ3) is 3.91. The summed E-state index contributed by atoms with van der Waals surface area (Å²) in [6.07, 6.45) is 0.542. The summed E-state index contributed by atoms with van der Waals surface area (Å²) in [4.78, 5) is 0.0365. The molecule has 2 aromatic carbocycles. The molecule has 1 N–H and O–H groups in total. The standard InChI is InChI=1S/C17H18BrNO5S/c1-22-14-4-6-16(23-2)17(9-14)25(20,21)19-13-8-11-7-12(18)3-5-15(11)24-10-13/h3-7,9,13,19H,8,10H2,1-2H3. The summed E-state index contributed by atoms with van der Waals surface area (Å²) in [5.41, 5.74) is 0.950. The fourth-order valence-corrected chi connectivity index (χ4v) is 4.53. The van der Waals surface area contributed by atoms with E-state index >= 15 is 0 Å². The molecule has 0 radical (unpaired) electrons. The fraction of sp³-hybridized carbons (Fsp3) is 0.294. The second kappa shape index (κ2) is 7.23. The lowest BCUT2D eigenvalue weighted by Gasteiger charge is -2.26. The summed E-state index contributed by atoms with van der Waals surface area (Å²) >= 11 is 3.42. The minimum atomic E-state index is -3.79. The van der Waals surface area contributed by atoms with Crippen LogP contribution in [0.3, 0.4) is 0 Å².